The monoisotopic (exact) mass is 264 g/mol. The van der Waals surface area contributed by atoms with Crippen LogP contribution in [0, 0.1) is 5.92 Å². The number of carbonyl (C=O) groups is 1. The Labute approximate surface area is 114 Å². The molecule has 1 heterocycles. The zero-order valence-electron chi connectivity index (χ0n) is 11.9. The quantitative estimate of drug-likeness (QED) is 0.851. The summed E-state index contributed by atoms with van der Waals surface area (Å²) >= 11 is 0. The SMILES string of the molecule is Cn1cc(CCNC(=O)C2CCCCC2(C)N)cn1. The first kappa shape index (κ1) is 14.1. The zero-order chi connectivity index (χ0) is 13.9. The lowest BCUT2D eigenvalue weighted by atomic mass is 9.74. The van der Waals surface area contributed by atoms with E-state index < -0.39 is 0 Å². The smallest absolute Gasteiger partial charge is 0.224 e. The Morgan fingerprint density at radius 1 is 1.63 bits per heavy atom. The first-order valence-corrected chi connectivity index (χ1v) is 7.03. The van der Waals surface area contributed by atoms with Crippen LogP contribution >= 0.6 is 0 Å². The van der Waals surface area contributed by atoms with Gasteiger partial charge in [0.25, 0.3) is 0 Å². The molecule has 1 fully saturated rings. The molecule has 2 atom stereocenters. The van der Waals surface area contributed by atoms with Gasteiger partial charge in [-0.2, -0.15) is 5.10 Å². The van der Waals surface area contributed by atoms with E-state index in [0.717, 1.165) is 37.7 Å². The highest BCUT2D eigenvalue weighted by Crippen LogP contribution is 2.31. The van der Waals surface area contributed by atoms with Gasteiger partial charge in [-0.25, -0.2) is 0 Å². The lowest BCUT2D eigenvalue weighted by molar-refractivity contribution is -0.128. The van der Waals surface area contributed by atoms with E-state index in [-0.39, 0.29) is 17.4 Å². The van der Waals surface area contributed by atoms with Gasteiger partial charge in [0.15, 0.2) is 0 Å². The van der Waals surface area contributed by atoms with Crippen molar-refractivity contribution in [3.63, 3.8) is 0 Å². The predicted molar refractivity (Wildman–Crippen MR) is 74.5 cm³/mol. The molecule has 2 unspecified atom stereocenters. The van der Waals surface area contributed by atoms with Gasteiger partial charge in [0.2, 0.25) is 5.91 Å². The molecule has 1 aromatic rings. The molecule has 1 aliphatic carbocycles. The summed E-state index contributed by atoms with van der Waals surface area (Å²) in [5.41, 5.74) is 7.03. The second-order valence-corrected chi connectivity index (χ2v) is 5.87. The number of nitrogens with zero attached hydrogens (tertiary/aromatic N) is 2. The molecule has 0 spiro atoms. The van der Waals surface area contributed by atoms with Crippen LogP contribution in [0.15, 0.2) is 12.4 Å². The van der Waals surface area contributed by atoms with Crippen molar-refractivity contribution in [2.24, 2.45) is 18.7 Å². The maximum Gasteiger partial charge on any atom is 0.224 e. The summed E-state index contributed by atoms with van der Waals surface area (Å²) in [5, 5.41) is 7.12. The van der Waals surface area contributed by atoms with Crippen molar-refractivity contribution in [1.82, 2.24) is 15.1 Å². The Kier molecular flexibility index (Phi) is 4.24. The number of nitrogens with two attached hydrogens (primary N) is 1. The molecule has 0 bridgehead atoms. The number of amides is 1. The Morgan fingerprint density at radius 3 is 3.05 bits per heavy atom. The molecule has 0 aromatic carbocycles. The molecule has 1 aliphatic rings. The van der Waals surface area contributed by atoms with E-state index in [9.17, 15) is 4.79 Å². The van der Waals surface area contributed by atoms with Gasteiger partial charge >= 0.3 is 0 Å². The van der Waals surface area contributed by atoms with Gasteiger partial charge in [0.1, 0.15) is 0 Å². The van der Waals surface area contributed by atoms with Gasteiger partial charge in [-0.3, -0.25) is 9.48 Å². The van der Waals surface area contributed by atoms with Crippen LogP contribution in [0.1, 0.15) is 38.2 Å². The molecule has 1 aromatic heterocycles. The summed E-state index contributed by atoms with van der Waals surface area (Å²) in [4.78, 5) is 12.2. The van der Waals surface area contributed by atoms with E-state index in [4.69, 9.17) is 5.73 Å². The molecule has 5 nitrogen and oxygen atoms in total. The largest absolute Gasteiger partial charge is 0.355 e. The maximum absolute atomic E-state index is 12.2. The summed E-state index contributed by atoms with van der Waals surface area (Å²) in [6, 6.07) is 0. The van der Waals surface area contributed by atoms with Crippen molar-refractivity contribution in [2.75, 3.05) is 6.54 Å². The third-order valence-electron chi connectivity index (χ3n) is 4.04. The first-order valence-electron chi connectivity index (χ1n) is 7.03. The molecule has 19 heavy (non-hydrogen) atoms. The normalized spacial score (nSPS) is 27.2. The molecular weight excluding hydrogens is 240 g/mol. The van der Waals surface area contributed by atoms with Gasteiger partial charge in [0, 0.05) is 25.3 Å². The van der Waals surface area contributed by atoms with Crippen LogP contribution in [0.2, 0.25) is 0 Å². The minimum absolute atomic E-state index is 0.0462. The van der Waals surface area contributed by atoms with Crippen molar-refractivity contribution in [1.29, 1.82) is 0 Å². The van der Waals surface area contributed by atoms with Crippen LogP contribution in [-0.2, 0) is 18.3 Å². The van der Waals surface area contributed by atoms with Gasteiger partial charge in [-0.1, -0.05) is 12.8 Å². The Morgan fingerprint density at radius 2 is 2.42 bits per heavy atom. The highest BCUT2D eigenvalue weighted by molar-refractivity contribution is 5.80. The molecular formula is C14H24N4O. The van der Waals surface area contributed by atoms with Gasteiger partial charge in [-0.05, 0) is 31.7 Å². The first-order chi connectivity index (χ1) is 8.99. The van der Waals surface area contributed by atoms with Crippen LogP contribution < -0.4 is 11.1 Å². The molecule has 0 radical (unpaired) electrons. The average molecular weight is 264 g/mol. The molecule has 0 aliphatic heterocycles. The average Bonchev–Trinajstić information content (AvgIpc) is 2.74. The summed E-state index contributed by atoms with van der Waals surface area (Å²) in [5.74, 6) is 0.0590. The number of hydrogen-bond acceptors (Lipinski definition) is 3. The summed E-state index contributed by atoms with van der Waals surface area (Å²) in [7, 11) is 1.89. The summed E-state index contributed by atoms with van der Waals surface area (Å²) < 4.78 is 1.77. The van der Waals surface area contributed by atoms with Crippen LogP contribution in [-0.4, -0.2) is 27.8 Å². The minimum Gasteiger partial charge on any atom is -0.355 e. The maximum atomic E-state index is 12.2. The molecule has 106 valence electrons. The van der Waals surface area contributed by atoms with Gasteiger partial charge in [-0.15, -0.1) is 0 Å². The van der Waals surface area contributed by atoms with E-state index in [2.05, 4.69) is 10.4 Å². The third kappa shape index (κ3) is 3.56. The number of nitrogens with one attached hydrogen (secondary N) is 1. The molecule has 3 N–H and O–H groups in total. The lowest BCUT2D eigenvalue weighted by Gasteiger charge is -2.37. The van der Waals surface area contributed by atoms with E-state index in [1.54, 1.807) is 4.68 Å². The summed E-state index contributed by atoms with van der Waals surface area (Å²) in [6.07, 6.45) is 8.70. The Hall–Kier alpha value is -1.36. The molecule has 0 saturated heterocycles. The molecule has 1 saturated carbocycles. The van der Waals surface area contributed by atoms with Gasteiger partial charge < -0.3 is 11.1 Å². The third-order valence-corrected chi connectivity index (χ3v) is 4.04. The number of carbonyl (C=O) groups excluding carboxylic acids is 1. The van der Waals surface area contributed by atoms with Crippen LogP contribution in [0.25, 0.3) is 0 Å². The second-order valence-electron chi connectivity index (χ2n) is 5.87. The van der Waals surface area contributed by atoms with E-state index in [1.807, 2.05) is 26.4 Å². The van der Waals surface area contributed by atoms with Gasteiger partial charge in [0.05, 0.1) is 12.1 Å². The van der Waals surface area contributed by atoms with E-state index >= 15 is 0 Å². The number of rotatable bonds is 4. The van der Waals surface area contributed by atoms with Crippen molar-refractivity contribution in [2.45, 2.75) is 44.6 Å². The Balaban J connectivity index is 1.80. The summed E-state index contributed by atoms with van der Waals surface area (Å²) in [6.45, 7) is 2.65. The van der Waals surface area contributed by atoms with Crippen molar-refractivity contribution >= 4 is 5.91 Å². The second kappa shape index (κ2) is 5.74. The fourth-order valence-electron chi connectivity index (χ4n) is 2.84. The van der Waals surface area contributed by atoms with E-state index in [0.29, 0.717) is 6.54 Å². The zero-order valence-corrected chi connectivity index (χ0v) is 11.9. The molecule has 2 rings (SSSR count). The van der Waals surface area contributed by atoms with Crippen LogP contribution in [0.4, 0.5) is 0 Å². The fraction of sp³-hybridized carbons (Fsp3) is 0.714. The number of aryl methyl sites for hydroxylation is 1. The standard InChI is InChI=1S/C14H24N4O/c1-14(15)7-4-3-5-12(14)13(19)16-8-6-11-9-17-18(2)10-11/h9-10,12H,3-8,15H2,1-2H3,(H,16,19). The fourth-order valence-corrected chi connectivity index (χ4v) is 2.84. The number of aromatic nitrogens is 2. The Bertz CT molecular complexity index is 438. The van der Waals surface area contributed by atoms with Crippen molar-refractivity contribution in [3.05, 3.63) is 18.0 Å². The van der Waals surface area contributed by atoms with E-state index in [1.165, 1.54) is 0 Å². The number of hydrogen-bond donors (Lipinski definition) is 2. The highest BCUT2D eigenvalue weighted by Gasteiger charge is 2.37. The molecule has 1 amide bonds. The van der Waals surface area contributed by atoms with Crippen LogP contribution in [0.5, 0.6) is 0 Å². The minimum atomic E-state index is -0.351. The molecule has 5 heteroatoms. The lowest BCUT2D eigenvalue weighted by Crippen LogP contribution is -2.53. The topological polar surface area (TPSA) is 72.9 Å². The highest BCUT2D eigenvalue weighted by atomic mass is 16.1. The van der Waals surface area contributed by atoms with Crippen molar-refractivity contribution < 1.29 is 4.79 Å². The van der Waals surface area contributed by atoms with Crippen molar-refractivity contribution in [3.8, 4) is 0 Å². The predicted octanol–water partition coefficient (Wildman–Crippen LogP) is 0.986. The van der Waals surface area contributed by atoms with Crippen LogP contribution in [0.3, 0.4) is 0 Å².